The van der Waals surface area contributed by atoms with E-state index in [-0.39, 0.29) is 18.4 Å². The zero-order valence-electron chi connectivity index (χ0n) is 14.5. The third kappa shape index (κ3) is 4.81. The molecule has 0 aromatic heterocycles. The molecule has 1 aromatic carbocycles. The maximum Gasteiger partial charge on any atom is 0.288 e. The molecule has 3 rings (SSSR count). The highest BCUT2D eigenvalue weighted by atomic mass is 16.7. The molecule has 0 aliphatic carbocycles. The minimum absolute atomic E-state index is 0.0300. The number of allylic oxidation sites excluding steroid dienone is 1. The second-order valence-corrected chi connectivity index (χ2v) is 6.48. The molecule has 1 fully saturated rings. The van der Waals surface area contributed by atoms with Crippen molar-refractivity contribution in [2.75, 3.05) is 26.3 Å². The summed E-state index contributed by atoms with van der Waals surface area (Å²) in [6.45, 7) is 4.82. The minimum atomic E-state index is -0.433. The van der Waals surface area contributed by atoms with Crippen LogP contribution in [0.15, 0.2) is 36.1 Å². The maximum atomic E-state index is 12.6. The van der Waals surface area contributed by atoms with E-state index in [0.717, 1.165) is 11.1 Å². The molecule has 6 nitrogen and oxygen atoms in total. The van der Waals surface area contributed by atoms with Gasteiger partial charge in [-0.05, 0) is 23.1 Å². The average Bonchev–Trinajstić information content (AvgIpc) is 2.66. The van der Waals surface area contributed by atoms with Crippen LogP contribution in [0.4, 0.5) is 0 Å². The summed E-state index contributed by atoms with van der Waals surface area (Å²) in [4.78, 5) is 14.3. The molecular formula is C19H25NO5. The van der Waals surface area contributed by atoms with Crippen LogP contribution in [-0.4, -0.2) is 48.5 Å². The Hall–Kier alpha value is -1.89. The molecule has 6 heteroatoms. The smallest absolute Gasteiger partial charge is 0.288 e. The summed E-state index contributed by atoms with van der Waals surface area (Å²) in [6.07, 6.45) is 2.17. The van der Waals surface area contributed by atoms with Crippen LogP contribution in [0.2, 0.25) is 0 Å². The van der Waals surface area contributed by atoms with Crippen LogP contribution in [-0.2, 0) is 32.2 Å². The van der Waals surface area contributed by atoms with Crippen molar-refractivity contribution in [3.05, 3.63) is 47.2 Å². The second-order valence-electron chi connectivity index (χ2n) is 6.48. The summed E-state index contributed by atoms with van der Waals surface area (Å²) < 4.78 is 17.0. The largest absolute Gasteiger partial charge is 0.459 e. The summed E-state index contributed by atoms with van der Waals surface area (Å²) in [5.74, 6) is 0.507. The fraction of sp³-hybridized carbons (Fsp3) is 0.526. The predicted molar refractivity (Wildman–Crippen MR) is 91.3 cm³/mol. The topological polar surface area (TPSA) is 68.2 Å². The lowest BCUT2D eigenvalue weighted by Crippen LogP contribution is -2.43. The molecule has 0 unspecified atom stereocenters. The monoisotopic (exact) mass is 347 g/mol. The Morgan fingerprint density at radius 1 is 1.24 bits per heavy atom. The molecule has 2 aliphatic heterocycles. The van der Waals surface area contributed by atoms with Gasteiger partial charge in [0.1, 0.15) is 0 Å². The third-order valence-electron chi connectivity index (χ3n) is 4.41. The molecule has 2 aliphatic rings. The zero-order valence-corrected chi connectivity index (χ0v) is 14.5. The van der Waals surface area contributed by atoms with Gasteiger partial charge >= 0.3 is 0 Å². The Kier molecular flexibility index (Phi) is 6.07. The van der Waals surface area contributed by atoms with E-state index in [4.69, 9.17) is 19.3 Å². The van der Waals surface area contributed by atoms with Gasteiger partial charge in [-0.3, -0.25) is 4.79 Å². The van der Waals surface area contributed by atoms with Crippen LogP contribution < -0.4 is 0 Å². The number of ether oxygens (including phenoxy) is 3. The highest BCUT2D eigenvalue weighted by molar-refractivity contribution is 5.91. The zero-order chi connectivity index (χ0) is 17.6. The molecule has 0 radical (unpaired) electrons. The average molecular weight is 347 g/mol. The third-order valence-corrected chi connectivity index (χ3v) is 4.41. The van der Waals surface area contributed by atoms with Gasteiger partial charge in [0.25, 0.3) is 5.91 Å². The molecule has 2 heterocycles. The number of benzene rings is 1. The maximum absolute atomic E-state index is 12.6. The quantitative estimate of drug-likeness (QED) is 0.880. The highest BCUT2D eigenvalue weighted by Crippen LogP contribution is 2.25. The van der Waals surface area contributed by atoms with Crippen LogP contribution in [0, 0.1) is 5.92 Å². The molecule has 0 saturated carbocycles. The summed E-state index contributed by atoms with van der Waals surface area (Å²) in [5, 5.41) is 9.08. The first-order valence-electron chi connectivity index (χ1n) is 8.71. The fourth-order valence-corrected chi connectivity index (χ4v) is 2.94. The standard InChI is InChI=1S/C19H25NO5/c1-14-10-17(19(22)20-6-8-23-9-7-20)25-18(11-14)24-13-16-4-2-15(12-21)3-5-16/h2-5,10,14,18,21H,6-9,11-13H2,1H3/t14-,18+/m1/s1. The van der Waals surface area contributed by atoms with Crippen molar-refractivity contribution in [1.29, 1.82) is 0 Å². The first-order valence-corrected chi connectivity index (χ1v) is 8.71. The predicted octanol–water partition coefficient (Wildman–Crippen LogP) is 1.82. The molecule has 25 heavy (non-hydrogen) atoms. The van der Waals surface area contributed by atoms with E-state index in [1.807, 2.05) is 30.3 Å². The number of nitrogens with zero attached hydrogens (tertiary/aromatic N) is 1. The fourth-order valence-electron chi connectivity index (χ4n) is 2.94. The van der Waals surface area contributed by atoms with E-state index in [9.17, 15) is 4.79 Å². The van der Waals surface area contributed by atoms with Crippen LogP contribution in [0.5, 0.6) is 0 Å². The lowest BCUT2D eigenvalue weighted by Gasteiger charge is -2.32. The van der Waals surface area contributed by atoms with Crippen molar-refractivity contribution in [2.24, 2.45) is 5.92 Å². The first kappa shape index (κ1) is 17.9. The van der Waals surface area contributed by atoms with Gasteiger partial charge in [-0.2, -0.15) is 0 Å². The Bertz CT molecular complexity index is 607. The van der Waals surface area contributed by atoms with Gasteiger partial charge in [0, 0.05) is 19.5 Å². The van der Waals surface area contributed by atoms with Gasteiger partial charge in [-0.15, -0.1) is 0 Å². The Labute approximate surface area is 148 Å². The Balaban J connectivity index is 1.56. The molecular weight excluding hydrogens is 322 g/mol. The van der Waals surface area contributed by atoms with E-state index >= 15 is 0 Å². The number of morpholine rings is 1. The number of carbonyl (C=O) groups is 1. The van der Waals surface area contributed by atoms with Crippen molar-refractivity contribution in [3.63, 3.8) is 0 Å². The van der Waals surface area contributed by atoms with Gasteiger partial charge in [0.2, 0.25) is 6.29 Å². The van der Waals surface area contributed by atoms with E-state index in [0.29, 0.717) is 45.1 Å². The number of hydrogen-bond acceptors (Lipinski definition) is 5. The van der Waals surface area contributed by atoms with Gasteiger partial charge < -0.3 is 24.2 Å². The molecule has 1 N–H and O–H groups in total. The van der Waals surface area contributed by atoms with Crippen molar-refractivity contribution >= 4 is 5.91 Å². The van der Waals surface area contributed by atoms with Crippen LogP contribution in [0.1, 0.15) is 24.5 Å². The van der Waals surface area contributed by atoms with Crippen molar-refractivity contribution in [2.45, 2.75) is 32.8 Å². The molecule has 136 valence electrons. The van der Waals surface area contributed by atoms with Crippen molar-refractivity contribution in [1.82, 2.24) is 4.90 Å². The lowest BCUT2D eigenvalue weighted by atomic mass is 10.0. The normalized spacial score (nSPS) is 23.8. The molecule has 1 aromatic rings. The number of amides is 1. The lowest BCUT2D eigenvalue weighted by molar-refractivity contribution is -0.160. The minimum Gasteiger partial charge on any atom is -0.459 e. The van der Waals surface area contributed by atoms with E-state index in [1.165, 1.54) is 0 Å². The van der Waals surface area contributed by atoms with E-state index in [1.54, 1.807) is 4.90 Å². The van der Waals surface area contributed by atoms with Crippen molar-refractivity contribution < 1.29 is 24.1 Å². The molecule has 1 saturated heterocycles. The molecule has 0 spiro atoms. The van der Waals surface area contributed by atoms with E-state index in [2.05, 4.69) is 6.92 Å². The van der Waals surface area contributed by atoms with Gasteiger partial charge in [-0.1, -0.05) is 31.2 Å². The Morgan fingerprint density at radius 3 is 2.60 bits per heavy atom. The second kappa shape index (κ2) is 8.47. The van der Waals surface area contributed by atoms with Gasteiger partial charge in [-0.25, -0.2) is 0 Å². The molecule has 0 bridgehead atoms. The molecule has 2 atom stereocenters. The first-order chi connectivity index (χ1) is 12.2. The molecule has 1 amide bonds. The summed E-state index contributed by atoms with van der Waals surface area (Å²) in [5.41, 5.74) is 1.87. The highest BCUT2D eigenvalue weighted by Gasteiger charge is 2.29. The van der Waals surface area contributed by atoms with Crippen LogP contribution in [0.25, 0.3) is 0 Å². The van der Waals surface area contributed by atoms with Crippen LogP contribution >= 0.6 is 0 Å². The van der Waals surface area contributed by atoms with E-state index < -0.39 is 6.29 Å². The summed E-state index contributed by atoms with van der Waals surface area (Å²) in [7, 11) is 0. The number of hydrogen-bond donors (Lipinski definition) is 1. The number of aliphatic hydroxyl groups excluding tert-OH is 1. The Morgan fingerprint density at radius 2 is 1.92 bits per heavy atom. The summed E-state index contributed by atoms with van der Waals surface area (Å²) >= 11 is 0. The van der Waals surface area contributed by atoms with Gasteiger partial charge in [0.15, 0.2) is 5.76 Å². The number of aliphatic hydroxyl groups is 1. The van der Waals surface area contributed by atoms with Crippen molar-refractivity contribution in [3.8, 4) is 0 Å². The number of rotatable bonds is 5. The van der Waals surface area contributed by atoms with Gasteiger partial charge in [0.05, 0.1) is 26.4 Å². The number of carbonyl (C=O) groups excluding carboxylic acids is 1. The van der Waals surface area contributed by atoms with Crippen LogP contribution in [0.3, 0.4) is 0 Å². The summed E-state index contributed by atoms with van der Waals surface area (Å²) in [6, 6.07) is 7.59. The SMILES string of the molecule is C[C@@H]1C=C(C(=O)N2CCOCC2)O[C@H](OCc2ccc(CO)cc2)C1.